The fraction of sp³-hybridized carbons (Fsp3) is 0.875. The largest absolute Gasteiger partial charge is 0.484 e. The minimum absolute atomic E-state index is 0.0729. The van der Waals surface area contributed by atoms with Gasteiger partial charge < -0.3 is 4.74 Å². The first-order valence-electron chi connectivity index (χ1n) is 7.51. The van der Waals surface area contributed by atoms with Gasteiger partial charge in [-0.15, -0.1) is 0 Å². The molecule has 0 saturated heterocycles. The van der Waals surface area contributed by atoms with Crippen LogP contribution in [0.2, 0.25) is 0 Å². The first kappa shape index (κ1) is 17.5. The van der Waals surface area contributed by atoms with Gasteiger partial charge in [-0.05, 0) is 37.6 Å². The molecular formula is C16H33NO. The average Bonchev–Trinajstić information content (AvgIpc) is 2.37. The van der Waals surface area contributed by atoms with Crippen molar-refractivity contribution >= 4 is 0 Å². The maximum atomic E-state index is 5.25. The number of hydrogen-bond acceptors (Lipinski definition) is 2. The van der Waals surface area contributed by atoms with Gasteiger partial charge in [0.1, 0.15) is 6.23 Å². The van der Waals surface area contributed by atoms with E-state index in [2.05, 4.69) is 39.6 Å². The molecule has 0 saturated carbocycles. The van der Waals surface area contributed by atoms with Gasteiger partial charge in [-0.1, -0.05) is 53.5 Å². The molecule has 2 nitrogen and oxygen atoms in total. The third-order valence-electron chi connectivity index (χ3n) is 4.35. The topological polar surface area (TPSA) is 21.3 Å². The lowest BCUT2D eigenvalue weighted by Gasteiger charge is -2.31. The monoisotopic (exact) mass is 255 g/mol. The van der Waals surface area contributed by atoms with Crippen molar-refractivity contribution in [2.45, 2.75) is 73.0 Å². The zero-order valence-electron chi connectivity index (χ0n) is 13.1. The van der Waals surface area contributed by atoms with Gasteiger partial charge in [0.15, 0.2) is 0 Å². The summed E-state index contributed by atoms with van der Waals surface area (Å²) in [6.07, 6.45) is 7.98. The van der Waals surface area contributed by atoms with Gasteiger partial charge in [0.05, 0.1) is 6.26 Å². The van der Waals surface area contributed by atoms with Crippen molar-refractivity contribution in [3.63, 3.8) is 0 Å². The molecule has 0 aromatic heterocycles. The summed E-state index contributed by atoms with van der Waals surface area (Å²) in [5, 5.41) is 3.38. The van der Waals surface area contributed by atoms with E-state index in [1.807, 2.05) is 6.92 Å². The van der Waals surface area contributed by atoms with Gasteiger partial charge in [-0.2, -0.15) is 0 Å². The lowest BCUT2D eigenvalue weighted by atomic mass is 9.75. The fourth-order valence-electron chi connectivity index (χ4n) is 2.37. The number of hydrogen-bond donors (Lipinski definition) is 1. The zero-order valence-corrected chi connectivity index (χ0v) is 13.1. The maximum Gasteiger partial charge on any atom is 0.146 e. The summed E-state index contributed by atoms with van der Waals surface area (Å²) in [5.41, 5.74) is 0.518. The highest BCUT2D eigenvalue weighted by Gasteiger charge is 2.23. The summed E-state index contributed by atoms with van der Waals surface area (Å²) >= 11 is 0. The molecule has 0 bridgehead atoms. The zero-order chi connectivity index (χ0) is 14.0. The molecular weight excluding hydrogens is 222 g/mol. The summed E-state index contributed by atoms with van der Waals surface area (Å²) in [5.74, 6) is 0.818. The van der Waals surface area contributed by atoms with E-state index >= 15 is 0 Å². The second-order valence-electron chi connectivity index (χ2n) is 5.68. The second kappa shape index (κ2) is 9.43. The van der Waals surface area contributed by atoms with E-state index in [1.54, 1.807) is 0 Å². The molecule has 0 aliphatic carbocycles. The molecule has 0 amide bonds. The van der Waals surface area contributed by atoms with E-state index in [1.165, 1.54) is 38.4 Å². The quantitative estimate of drug-likeness (QED) is 0.426. The molecule has 2 unspecified atom stereocenters. The molecule has 18 heavy (non-hydrogen) atoms. The minimum atomic E-state index is 0.0729. The molecule has 108 valence electrons. The maximum absolute atomic E-state index is 5.25. The van der Waals surface area contributed by atoms with Crippen LogP contribution in [-0.4, -0.2) is 12.8 Å². The Hall–Kier alpha value is -0.500. The van der Waals surface area contributed by atoms with Gasteiger partial charge in [0.2, 0.25) is 0 Å². The Labute approximate surface area is 114 Å². The molecule has 0 aliphatic heterocycles. The lowest BCUT2D eigenvalue weighted by molar-refractivity contribution is 0.124. The Morgan fingerprint density at radius 2 is 1.89 bits per heavy atom. The van der Waals surface area contributed by atoms with Crippen molar-refractivity contribution in [2.24, 2.45) is 11.3 Å². The highest BCUT2D eigenvalue weighted by atomic mass is 16.5. The first-order chi connectivity index (χ1) is 8.51. The predicted octanol–water partition coefficient (Wildman–Crippen LogP) is 4.71. The summed E-state index contributed by atoms with van der Waals surface area (Å²) in [7, 11) is 0. The third-order valence-corrected chi connectivity index (χ3v) is 4.35. The van der Waals surface area contributed by atoms with Gasteiger partial charge in [0, 0.05) is 0 Å². The van der Waals surface area contributed by atoms with Crippen LogP contribution < -0.4 is 5.32 Å². The van der Waals surface area contributed by atoms with E-state index in [9.17, 15) is 0 Å². The molecule has 0 fully saturated rings. The van der Waals surface area contributed by atoms with Gasteiger partial charge >= 0.3 is 0 Å². The van der Waals surface area contributed by atoms with Crippen LogP contribution in [0.1, 0.15) is 66.7 Å². The summed E-state index contributed by atoms with van der Waals surface area (Å²) in [6.45, 7) is 16.0. The normalized spacial score (nSPS) is 15.2. The molecule has 0 aromatic rings. The number of rotatable bonds is 11. The van der Waals surface area contributed by atoms with E-state index in [-0.39, 0.29) is 6.23 Å². The second-order valence-corrected chi connectivity index (χ2v) is 5.68. The van der Waals surface area contributed by atoms with Crippen molar-refractivity contribution < 1.29 is 4.74 Å². The molecule has 2 heteroatoms. The highest BCUT2D eigenvalue weighted by Crippen LogP contribution is 2.35. The summed E-state index contributed by atoms with van der Waals surface area (Å²) in [4.78, 5) is 0. The van der Waals surface area contributed by atoms with Gasteiger partial charge in [0.25, 0.3) is 0 Å². The molecule has 1 N–H and O–H groups in total. The lowest BCUT2D eigenvalue weighted by Crippen LogP contribution is -2.30. The standard InChI is InChI=1S/C16H33NO/c1-7-15(13-16(6,8-2)9-3)11-12-17-14(5)18-10-4/h10,14-15,17H,4,7-9,11-13H2,1-3,5-6H3. The fourth-order valence-corrected chi connectivity index (χ4v) is 2.37. The highest BCUT2D eigenvalue weighted by molar-refractivity contribution is 4.75. The van der Waals surface area contributed by atoms with Crippen molar-refractivity contribution in [1.29, 1.82) is 0 Å². The Balaban J connectivity index is 4.00. The van der Waals surface area contributed by atoms with Crippen LogP contribution in [-0.2, 0) is 4.74 Å². The number of ether oxygens (including phenoxy) is 1. The van der Waals surface area contributed by atoms with Crippen LogP contribution in [0.15, 0.2) is 12.8 Å². The Morgan fingerprint density at radius 3 is 2.33 bits per heavy atom. The van der Waals surface area contributed by atoms with Crippen LogP contribution >= 0.6 is 0 Å². The van der Waals surface area contributed by atoms with Gasteiger partial charge in [-0.3, -0.25) is 5.32 Å². The smallest absolute Gasteiger partial charge is 0.146 e. The van der Waals surface area contributed by atoms with E-state index < -0.39 is 0 Å². The van der Waals surface area contributed by atoms with Crippen LogP contribution in [0.4, 0.5) is 0 Å². The Bertz CT molecular complexity index is 211. The van der Waals surface area contributed by atoms with Crippen LogP contribution in [0.25, 0.3) is 0 Å². The van der Waals surface area contributed by atoms with Crippen LogP contribution in [0, 0.1) is 11.3 Å². The van der Waals surface area contributed by atoms with E-state index in [0.29, 0.717) is 5.41 Å². The molecule has 0 aromatic carbocycles. The third kappa shape index (κ3) is 7.05. The Kier molecular flexibility index (Phi) is 9.17. The van der Waals surface area contributed by atoms with E-state index in [0.717, 1.165) is 12.5 Å². The molecule has 0 radical (unpaired) electrons. The molecule has 0 rings (SSSR count). The van der Waals surface area contributed by atoms with Gasteiger partial charge in [-0.25, -0.2) is 0 Å². The molecule has 0 aliphatic rings. The first-order valence-corrected chi connectivity index (χ1v) is 7.51. The molecule has 0 spiro atoms. The van der Waals surface area contributed by atoms with Crippen molar-refractivity contribution in [1.82, 2.24) is 5.32 Å². The molecule has 0 heterocycles. The van der Waals surface area contributed by atoms with Crippen molar-refractivity contribution in [3.8, 4) is 0 Å². The minimum Gasteiger partial charge on any atom is -0.484 e. The summed E-state index contributed by atoms with van der Waals surface area (Å²) in [6, 6.07) is 0. The van der Waals surface area contributed by atoms with Crippen LogP contribution in [0.5, 0.6) is 0 Å². The van der Waals surface area contributed by atoms with Crippen molar-refractivity contribution in [3.05, 3.63) is 12.8 Å². The SMILES string of the molecule is C=COC(C)NCCC(CC)CC(C)(CC)CC. The summed E-state index contributed by atoms with van der Waals surface area (Å²) < 4.78 is 5.25. The molecule has 2 atom stereocenters. The van der Waals surface area contributed by atoms with Crippen molar-refractivity contribution in [2.75, 3.05) is 6.54 Å². The van der Waals surface area contributed by atoms with E-state index in [4.69, 9.17) is 4.74 Å². The Morgan fingerprint density at radius 1 is 1.28 bits per heavy atom. The predicted molar refractivity (Wildman–Crippen MR) is 80.5 cm³/mol. The van der Waals surface area contributed by atoms with Crippen LogP contribution in [0.3, 0.4) is 0 Å². The number of nitrogens with one attached hydrogen (secondary N) is 1. The average molecular weight is 255 g/mol.